The van der Waals surface area contributed by atoms with Gasteiger partial charge in [0.1, 0.15) is 5.75 Å². The van der Waals surface area contributed by atoms with E-state index < -0.39 is 23.7 Å². The van der Waals surface area contributed by atoms with Crippen LogP contribution in [0.5, 0.6) is 17.2 Å². The first-order valence-corrected chi connectivity index (χ1v) is 11.3. The highest BCUT2D eigenvalue weighted by molar-refractivity contribution is 5.91. The number of para-hydroxylation sites is 1. The lowest BCUT2D eigenvalue weighted by atomic mass is 9.84. The van der Waals surface area contributed by atoms with Gasteiger partial charge in [0.25, 0.3) is 0 Å². The summed E-state index contributed by atoms with van der Waals surface area (Å²) in [6.07, 6.45) is -1.25. The molecule has 0 aliphatic heterocycles. The summed E-state index contributed by atoms with van der Waals surface area (Å²) in [5.41, 5.74) is -0.215. The topological polar surface area (TPSA) is 44.8 Å². The van der Waals surface area contributed by atoms with Crippen LogP contribution in [0.25, 0.3) is 0 Å². The number of carbonyl (C=O) groups excluding carboxylic acids is 1. The molecule has 1 aliphatic carbocycles. The summed E-state index contributed by atoms with van der Waals surface area (Å²) >= 11 is 0. The van der Waals surface area contributed by atoms with Gasteiger partial charge in [0.2, 0.25) is 0 Å². The highest BCUT2D eigenvalue weighted by Gasteiger charge is 2.37. The molecule has 0 heterocycles. The predicted octanol–water partition coefficient (Wildman–Crippen LogP) is 6.94. The van der Waals surface area contributed by atoms with Crippen molar-refractivity contribution in [1.82, 2.24) is 0 Å². The molecule has 180 valence electrons. The van der Waals surface area contributed by atoms with E-state index in [1.165, 1.54) is 12.1 Å². The van der Waals surface area contributed by atoms with Gasteiger partial charge in [0, 0.05) is 5.56 Å². The van der Waals surface area contributed by atoms with Gasteiger partial charge < -0.3 is 14.2 Å². The number of rotatable bonds is 5. The molecule has 3 aromatic carbocycles. The molecular weight excluding hydrogens is 457 g/mol. The van der Waals surface area contributed by atoms with Crippen LogP contribution in [0.1, 0.15) is 48.0 Å². The van der Waals surface area contributed by atoms with Gasteiger partial charge in [0.05, 0.1) is 5.56 Å². The lowest BCUT2D eigenvalue weighted by molar-refractivity contribution is -0.275. The second-order valence-electron chi connectivity index (χ2n) is 8.18. The van der Waals surface area contributed by atoms with Crippen molar-refractivity contribution in [2.75, 3.05) is 0 Å². The van der Waals surface area contributed by atoms with Crippen LogP contribution in [0.4, 0.5) is 13.2 Å². The van der Waals surface area contributed by atoms with Crippen molar-refractivity contribution in [3.8, 4) is 29.1 Å². The molecule has 0 unspecified atom stereocenters. The third kappa shape index (κ3) is 6.80. The third-order valence-electron chi connectivity index (χ3n) is 5.53. The SMILES string of the molecule is O=C(Oc1ccccc1)c1ccc(OC(F)(F)F)c(OC2(C#Cc3ccccc3)CCCCC2)c1. The average molecular weight is 480 g/mol. The number of ether oxygens (including phenoxy) is 3. The zero-order valence-electron chi connectivity index (χ0n) is 18.8. The molecule has 0 bridgehead atoms. The first-order valence-electron chi connectivity index (χ1n) is 11.3. The number of hydrogen-bond acceptors (Lipinski definition) is 4. The van der Waals surface area contributed by atoms with E-state index in [0.717, 1.165) is 30.9 Å². The molecule has 0 saturated heterocycles. The quantitative estimate of drug-likeness (QED) is 0.226. The van der Waals surface area contributed by atoms with E-state index in [1.807, 2.05) is 30.3 Å². The van der Waals surface area contributed by atoms with Crippen molar-refractivity contribution < 1.29 is 32.2 Å². The summed E-state index contributed by atoms with van der Waals surface area (Å²) in [5, 5.41) is 0. The monoisotopic (exact) mass is 480 g/mol. The van der Waals surface area contributed by atoms with Gasteiger partial charge in [-0.1, -0.05) is 54.7 Å². The zero-order chi connectivity index (χ0) is 24.7. The summed E-state index contributed by atoms with van der Waals surface area (Å²) in [7, 11) is 0. The number of carbonyl (C=O) groups is 1. The van der Waals surface area contributed by atoms with E-state index in [-0.39, 0.29) is 11.3 Å². The van der Waals surface area contributed by atoms with E-state index in [9.17, 15) is 18.0 Å². The van der Waals surface area contributed by atoms with Crippen molar-refractivity contribution in [3.05, 3.63) is 90.0 Å². The molecular formula is C28H23F3O4. The molecule has 0 amide bonds. The molecule has 4 nitrogen and oxygen atoms in total. The molecule has 7 heteroatoms. The zero-order valence-corrected chi connectivity index (χ0v) is 18.8. The smallest absolute Gasteiger partial charge is 0.471 e. The average Bonchev–Trinajstić information content (AvgIpc) is 2.85. The van der Waals surface area contributed by atoms with Crippen molar-refractivity contribution in [2.45, 2.75) is 44.1 Å². The van der Waals surface area contributed by atoms with Gasteiger partial charge in [-0.2, -0.15) is 0 Å². The van der Waals surface area contributed by atoms with E-state index in [1.54, 1.807) is 30.3 Å². The lowest BCUT2D eigenvalue weighted by Gasteiger charge is -2.34. The summed E-state index contributed by atoms with van der Waals surface area (Å²) in [5.74, 6) is 5.07. The van der Waals surface area contributed by atoms with Crippen LogP contribution in [-0.4, -0.2) is 17.9 Å². The summed E-state index contributed by atoms with van der Waals surface area (Å²) < 4.78 is 55.1. The third-order valence-corrected chi connectivity index (χ3v) is 5.53. The molecule has 0 atom stereocenters. The maximum Gasteiger partial charge on any atom is 0.573 e. The second kappa shape index (κ2) is 10.6. The molecule has 35 heavy (non-hydrogen) atoms. The fourth-order valence-corrected chi connectivity index (χ4v) is 3.87. The van der Waals surface area contributed by atoms with Crippen molar-refractivity contribution in [1.29, 1.82) is 0 Å². The van der Waals surface area contributed by atoms with E-state index >= 15 is 0 Å². The van der Waals surface area contributed by atoms with Crippen LogP contribution in [0, 0.1) is 11.8 Å². The van der Waals surface area contributed by atoms with Gasteiger partial charge in [-0.25, -0.2) is 4.79 Å². The number of benzene rings is 3. The van der Waals surface area contributed by atoms with Crippen molar-refractivity contribution in [2.24, 2.45) is 0 Å². The molecule has 1 saturated carbocycles. The minimum atomic E-state index is -4.93. The van der Waals surface area contributed by atoms with E-state index in [0.29, 0.717) is 18.6 Å². The maximum absolute atomic E-state index is 13.1. The fraction of sp³-hybridized carbons (Fsp3) is 0.250. The van der Waals surface area contributed by atoms with Crippen LogP contribution in [0.2, 0.25) is 0 Å². The Morgan fingerprint density at radius 2 is 1.49 bits per heavy atom. The Labute approximate surface area is 201 Å². The highest BCUT2D eigenvalue weighted by Crippen LogP contribution is 2.39. The number of hydrogen-bond donors (Lipinski definition) is 0. The Balaban J connectivity index is 1.68. The molecule has 1 aliphatic rings. The molecule has 0 radical (unpaired) electrons. The standard InChI is InChI=1S/C28H23F3O4/c29-28(30,31)35-24-15-14-22(26(32)33-23-12-6-2-7-13-23)20-25(24)34-27(17-8-3-9-18-27)19-16-21-10-4-1-5-11-21/h1-2,4-7,10-15,20H,3,8-9,17-18H2. The first kappa shape index (κ1) is 24.2. The van der Waals surface area contributed by atoms with Gasteiger partial charge >= 0.3 is 12.3 Å². The normalized spacial score (nSPS) is 14.8. The summed E-state index contributed by atoms with van der Waals surface area (Å²) in [6, 6.07) is 21.2. The fourth-order valence-electron chi connectivity index (χ4n) is 3.87. The van der Waals surface area contributed by atoms with Gasteiger partial charge in [-0.3, -0.25) is 0 Å². The molecule has 0 spiro atoms. The molecule has 4 rings (SSSR count). The van der Waals surface area contributed by atoms with E-state index in [4.69, 9.17) is 9.47 Å². The Kier molecular flexibility index (Phi) is 7.31. The van der Waals surface area contributed by atoms with Crippen LogP contribution in [-0.2, 0) is 0 Å². The Morgan fingerprint density at radius 3 is 2.14 bits per heavy atom. The summed E-state index contributed by atoms with van der Waals surface area (Å²) in [4.78, 5) is 12.7. The largest absolute Gasteiger partial charge is 0.573 e. The second-order valence-corrected chi connectivity index (χ2v) is 8.18. The lowest BCUT2D eigenvalue weighted by Crippen LogP contribution is -2.37. The van der Waals surface area contributed by atoms with Gasteiger partial charge in [0.15, 0.2) is 17.1 Å². The number of halogens is 3. The highest BCUT2D eigenvalue weighted by atomic mass is 19.4. The Hall–Kier alpha value is -3.92. The van der Waals surface area contributed by atoms with Crippen LogP contribution in [0.15, 0.2) is 78.9 Å². The number of esters is 1. The van der Waals surface area contributed by atoms with Crippen molar-refractivity contribution >= 4 is 5.97 Å². The molecule has 1 fully saturated rings. The van der Waals surface area contributed by atoms with E-state index in [2.05, 4.69) is 16.6 Å². The molecule has 0 N–H and O–H groups in total. The van der Waals surface area contributed by atoms with Gasteiger partial charge in [-0.15, -0.1) is 13.2 Å². The van der Waals surface area contributed by atoms with Crippen LogP contribution >= 0.6 is 0 Å². The molecule has 3 aromatic rings. The van der Waals surface area contributed by atoms with Gasteiger partial charge in [-0.05, 0) is 68.1 Å². The molecule has 0 aromatic heterocycles. The predicted molar refractivity (Wildman–Crippen MR) is 124 cm³/mol. The summed E-state index contributed by atoms with van der Waals surface area (Å²) in [6.45, 7) is 0. The minimum absolute atomic E-state index is 0.0281. The first-order chi connectivity index (χ1) is 16.8. The Bertz CT molecular complexity index is 1210. The number of alkyl halides is 3. The Morgan fingerprint density at radius 1 is 0.829 bits per heavy atom. The maximum atomic E-state index is 13.1. The van der Waals surface area contributed by atoms with Crippen molar-refractivity contribution in [3.63, 3.8) is 0 Å². The van der Waals surface area contributed by atoms with Crippen LogP contribution in [0.3, 0.4) is 0 Å². The van der Waals surface area contributed by atoms with Crippen LogP contribution < -0.4 is 14.2 Å². The minimum Gasteiger partial charge on any atom is -0.471 e.